The van der Waals surface area contributed by atoms with Crippen LogP contribution in [0.2, 0.25) is 0 Å². The number of halogens is 1. The number of carbonyl (C=O) groups is 1. The van der Waals surface area contributed by atoms with Crippen molar-refractivity contribution in [2.24, 2.45) is 0 Å². The van der Waals surface area contributed by atoms with Crippen molar-refractivity contribution in [2.45, 2.75) is 6.42 Å². The van der Waals surface area contributed by atoms with Crippen LogP contribution in [-0.2, 0) is 11.2 Å². The van der Waals surface area contributed by atoms with Crippen LogP contribution in [0.3, 0.4) is 0 Å². The van der Waals surface area contributed by atoms with Gasteiger partial charge >= 0.3 is 5.97 Å². The molecule has 0 aliphatic rings. The molecule has 0 aliphatic carbocycles. The lowest BCUT2D eigenvalue weighted by atomic mass is 10.1. The SMILES string of the molecule is O=C(O)Cc1ccc(O)c(O)c1F. The molecular formula is C8H7FO4. The van der Waals surface area contributed by atoms with Gasteiger partial charge in [0.2, 0.25) is 0 Å². The summed E-state index contributed by atoms with van der Waals surface area (Å²) in [6.45, 7) is 0. The van der Waals surface area contributed by atoms with E-state index in [9.17, 15) is 9.18 Å². The largest absolute Gasteiger partial charge is 0.504 e. The number of rotatable bonds is 2. The number of hydrogen-bond donors (Lipinski definition) is 3. The van der Waals surface area contributed by atoms with Crippen molar-refractivity contribution in [1.29, 1.82) is 0 Å². The van der Waals surface area contributed by atoms with Gasteiger partial charge in [-0.1, -0.05) is 6.07 Å². The van der Waals surface area contributed by atoms with Gasteiger partial charge in [0.1, 0.15) is 0 Å². The highest BCUT2D eigenvalue weighted by Gasteiger charge is 2.13. The first-order valence-electron chi connectivity index (χ1n) is 3.43. The van der Waals surface area contributed by atoms with Gasteiger partial charge in [-0.3, -0.25) is 4.79 Å². The van der Waals surface area contributed by atoms with Crippen LogP contribution in [0.1, 0.15) is 5.56 Å². The molecule has 0 heterocycles. The lowest BCUT2D eigenvalue weighted by Gasteiger charge is -2.03. The van der Waals surface area contributed by atoms with Gasteiger partial charge in [0.05, 0.1) is 6.42 Å². The van der Waals surface area contributed by atoms with E-state index in [1.165, 1.54) is 0 Å². The first-order chi connectivity index (χ1) is 6.02. The van der Waals surface area contributed by atoms with Gasteiger partial charge in [0.15, 0.2) is 17.3 Å². The Kier molecular flexibility index (Phi) is 2.36. The maximum Gasteiger partial charge on any atom is 0.307 e. The third-order valence-corrected chi connectivity index (χ3v) is 1.52. The second-order valence-corrected chi connectivity index (χ2v) is 2.48. The first kappa shape index (κ1) is 9.31. The maximum absolute atomic E-state index is 12.9. The standard InChI is InChI=1S/C8H7FO4/c9-7-4(3-6(11)12)1-2-5(10)8(7)13/h1-2,10,13H,3H2,(H,11,12). The predicted octanol–water partition coefficient (Wildman–Crippen LogP) is 0.864. The smallest absolute Gasteiger partial charge is 0.307 e. The van der Waals surface area contributed by atoms with Gasteiger partial charge in [-0.05, 0) is 6.07 Å². The van der Waals surface area contributed by atoms with Crippen molar-refractivity contribution in [3.63, 3.8) is 0 Å². The Labute approximate surface area is 72.9 Å². The van der Waals surface area contributed by atoms with Crippen LogP contribution >= 0.6 is 0 Å². The van der Waals surface area contributed by atoms with Crippen LogP contribution < -0.4 is 0 Å². The highest BCUT2D eigenvalue weighted by Crippen LogP contribution is 2.29. The third kappa shape index (κ3) is 1.87. The molecule has 0 fully saturated rings. The minimum Gasteiger partial charge on any atom is -0.504 e. The van der Waals surface area contributed by atoms with Crippen LogP contribution in [0.4, 0.5) is 4.39 Å². The number of phenolic OH excluding ortho intramolecular Hbond substituents is 2. The summed E-state index contributed by atoms with van der Waals surface area (Å²) in [5.74, 6) is -3.82. The Morgan fingerprint density at radius 1 is 1.38 bits per heavy atom. The molecule has 1 rings (SSSR count). The molecule has 0 spiro atoms. The number of phenols is 2. The molecule has 3 N–H and O–H groups in total. The summed E-state index contributed by atoms with van der Waals surface area (Å²) in [5, 5.41) is 26.0. The van der Waals surface area contributed by atoms with Crippen LogP contribution in [0.5, 0.6) is 11.5 Å². The predicted molar refractivity (Wildman–Crippen MR) is 41.1 cm³/mol. The summed E-state index contributed by atoms with van der Waals surface area (Å²) in [6, 6.07) is 2.15. The summed E-state index contributed by atoms with van der Waals surface area (Å²) < 4.78 is 12.9. The van der Waals surface area contributed by atoms with Gasteiger partial charge in [0.25, 0.3) is 0 Å². The second-order valence-electron chi connectivity index (χ2n) is 2.48. The minimum atomic E-state index is -1.20. The number of aliphatic carboxylic acids is 1. The van der Waals surface area contributed by atoms with E-state index < -0.39 is 29.7 Å². The number of benzene rings is 1. The molecule has 0 saturated carbocycles. The zero-order chi connectivity index (χ0) is 10.0. The van der Waals surface area contributed by atoms with Crippen LogP contribution in [0.15, 0.2) is 12.1 Å². The number of carboxylic acids is 1. The van der Waals surface area contributed by atoms with Crippen molar-refractivity contribution in [3.8, 4) is 11.5 Å². The summed E-state index contributed by atoms with van der Waals surface area (Å²) in [4.78, 5) is 10.2. The molecule has 70 valence electrons. The Bertz CT molecular complexity index is 348. The fourth-order valence-electron chi connectivity index (χ4n) is 0.896. The molecule has 0 bridgehead atoms. The Morgan fingerprint density at radius 2 is 2.00 bits per heavy atom. The number of aromatic hydroxyl groups is 2. The van der Waals surface area contributed by atoms with Crippen LogP contribution in [0, 0.1) is 5.82 Å². The van der Waals surface area contributed by atoms with Gasteiger partial charge in [-0.25, -0.2) is 4.39 Å². The normalized spacial score (nSPS) is 9.92. The Morgan fingerprint density at radius 3 is 2.54 bits per heavy atom. The number of carboxylic acid groups (broad SMARTS) is 1. The summed E-state index contributed by atoms with van der Waals surface area (Å²) in [5.41, 5.74) is -0.164. The molecule has 0 aliphatic heterocycles. The zero-order valence-corrected chi connectivity index (χ0v) is 6.49. The van der Waals surface area contributed by atoms with E-state index in [0.29, 0.717) is 0 Å². The quantitative estimate of drug-likeness (QED) is 0.598. The van der Waals surface area contributed by atoms with Crippen molar-refractivity contribution in [2.75, 3.05) is 0 Å². The number of hydrogen-bond acceptors (Lipinski definition) is 3. The van der Waals surface area contributed by atoms with E-state index in [2.05, 4.69) is 0 Å². The average Bonchev–Trinajstić information content (AvgIpc) is 2.06. The van der Waals surface area contributed by atoms with E-state index in [1.807, 2.05) is 0 Å². The molecule has 0 radical (unpaired) electrons. The average molecular weight is 186 g/mol. The molecule has 0 atom stereocenters. The van der Waals surface area contributed by atoms with E-state index in [-0.39, 0.29) is 5.56 Å². The molecule has 0 aromatic heterocycles. The van der Waals surface area contributed by atoms with Crippen molar-refractivity contribution >= 4 is 5.97 Å². The highest BCUT2D eigenvalue weighted by atomic mass is 19.1. The zero-order valence-electron chi connectivity index (χ0n) is 6.49. The molecule has 0 amide bonds. The lowest BCUT2D eigenvalue weighted by Crippen LogP contribution is -2.02. The monoisotopic (exact) mass is 186 g/mol. The summed E-state index contributed by atoms with van der Waals surface area (Å²) >= 11 is 0. The first-order valence-corrected chi connectivity index (χ1v) is 3.43. The minimum absolute atomic E-state index is 0.164. The molecule has 1 aromatic carbocycles. The van der Waals surface area contributed by atoms with E-state index in [4.69, 9.17) is 15.3 Å². The van der Waals surface area contributed by atoms with Crippen LogP contribution in [-0.4, -0.2) is 21.3 Å². The van der Waals surface area contributed by atoms with Gasteiger partial charge in [-0.15, -0.1) is 0 Å². The molecular weight excluding hydrogens is 179 g/mol. The second kappa shape index (κ2) is 3.30. The van der Waals surface area contributed by atoms with Crippen molar-refractivity contribution < 1.29 is 24.5 Å². The fourth-order valence-corrected chi connectivity index (χ4v) is 0.896. The molecule has 0 saturated heterocycles. The molecule has 4 nitrogen and oxygen atoms in total. The Hall–Kier alpha value is -1.78. The fraction of sp³-hybridized carbons (Fsp3) is 0.125. The van der Waals surface area contributed by atoms with Gasteiger partial charge in [-0.2, -0.15) is 0 Å². The molecule has 0 unspecified atom stereocenters. The molecule has 1 aromatic rings. The summed E-state index contributed by atoms with van der Waals surface area (Å²) in [6.07, 6.45) is -0.528. The van der Waals surface area contributed by atoms with Crippen molar-refractivity contribution in [1.82, 2.24) is 0 Å². The highest BCUT2D eigenvalue weighted by molar-refractivity contribution is 5.70. The van der Waals surface area contributed by atoms with Gasteiger partial charge in [0, 0.05) is 5.56 Å². The third-order valence-electron chi connectivity index (χ3n) is 1.52. The van der Waals surface area contributed by atoms with E-state index in [1.54, 1.807) is 0 Å². The molecule has 13 heavy (non-hydrogen) atoms. The van der Waals surface area contributed by atoms with Crippen molar-refractivity contribution in [3.05, 3.63) is 23.5 Å². The molecule has 5 heteroatoms. The lowest BCUT2D eigenvalue weighted by molar-refractivity contribution is -0.136. The topological polar surface area (TPSA) is 77.8 Å². The summed E-state index contributed by atoms with van der Waals surface area (Å²) in [7, 11) is 0. The van der Waals surface area contributed by atoms with E-state index in [0.717, 1.165) is 12.1 Å². The van der Waals surface area contributed by atoms with Gasteiger partial charge < -0.3 is 15.3 Å². The van der Waals surface area contributed by atoms with Crippen LogP contribution in [0.25, 0.3) is 0 Å². The van der Waals surface area contributed by atoms with E-state index >= 15 is 0 Å². The Balaban J connectivity index is 3.10. The maximum atomic E-state index is 12.9.